The number of hydrogen-bond donors (Lipinski definition) is 1. The second kappa shape index (κ2) is 4.61. The maximum Gasteiger partial charge on any atom is 0.303 e. The van der Waals surface area contributed by atoms with E-state index >= 15 is 0 Å². The Morgan fingerprint density at radius 3 is 2.85 bits per heavy atom. The van der Waals surface area contributed by atoms with Crippen molar-refractivity contribution in [1.82, 2.24) is 4.90 Å². The van der Waals surface area contributed by atoms with Gasteiger partial charge in [0.1, 0.15) is 0 Å². The summed E-state index contributed by atoms with van der Waals surface area (Å²) in [6.07, 6.45) is 3.60. The Bertz CT molecular complexity index is 182. The molecule has 2 atom stereocenters. The molecule has 0 radical (unpaired) electrons. The molecule has 2 unspecified atom stereocenters. The maximum absolute atomic E-state index is 10.4. The summed E-state index contributed by atoms with van der Waals surface area (Å²) in [7, 11) is 0. The molecule has 76 valence electrons. The van der Waals surface area contributed by atoms with Crippen molar-refractivity contribution in [2.45, 2.75) is 51.6 Å². The van der Waals surface area contributed by atoms with Crippen LogP contribution in [0.15, 0.2) is 0 Å². The van der Waals surface area contributed by atoms with Gasteiger partial charge in [-0.05, 0) is 39.7 Å². The highest BCUT2D eigenvalue weighted by Crippen LogP contribution is 2.21. The van der Waals surface area contributed by atoms with E-state index in [1.807, 2.05) is 0 Å². The zero-order valence-electron chi connectivity index (χ0n) is 8.49. The first-order valence-corrected chi connectivity index (χ1v) is 5.09. The molecule has 0 aliphatic carbocycles. The number of carboxylic acid groups (broad SMARTS) is 1. The van der Waals surface area contributed by atoms with E-state index in [-0.39, 0.29) is 0 Å². The van der Waals surface area contributed by atoms with Crippen LogP contribution in [0.25, 0.3) is 0 Å². The van der Waals surface area contributed by atoms with Gasteiger partial charge in [0, 0.05) is 18.5 Å². The van der Waals surface area contributed by atoms with Crippen LogP contribution in [-0.2, 0) is 4.79 Å². The Hall–Kier alpha value is -0.570. The lowest BCUT2D eigenvalue weighted by molar-refractivity contribution is -0.137. The van der Waals surface area contributed by atoms with Gasteiger partial charge in [-0.3, -0.25) is 9.69 Å². The summed E-state index contributed by atoms with van der Waals surface area (Å²) in [6.45, 7) is 5.50. The molecular weight excluding hydrogens is 166 g/mol. The van der Waals surface area contributed by atoms with E-state index in [4.69, 9.17) is 5.11 Å². The minimum atomic E-state index is -0.682. The molecule has 0 saturated carbocycles. The molecule has 1 N–H and O–H groups in total. The quantitative estimate of drug-likeness (QED) is 0.725. The molecule has 1 aliphatic rings. The van der Waals surface area contributed by atoms with Crippen LogP contribution in [0.4, 0.5) is 0 Å². The third-order valence-electron chi connectivity index (χ3n) is 2.95. The number of carbonyl (C=O) groups is 1. The first kappa shape index (κ1) is 10.5. The molecule has 0 aromatic heterocycles. The maximum atomic E-state index is 10.4. The van der Waals surface area contributed by atoms with E-state index in [0.717, 1.165) is 13.0 Å². The summed E-state index contributed by atoms with van der Waals surface area (Å²) in [5, 5.41) is 8.55. The van der Waals surface area contributed by atoms with Crippen molar-refractivity contribution in [3.63, 3.8) is 0 Å². The molecular formula is C10H19NO2. The molecule has 1 rings (SSSR count). The zero-order chi connectivity index (χ0) is 9.84. The summed E-state index contributed by atoms with van der Waals surface area (Å²) in [6, 6.07) is 1.07. The van der Waals surface area contributed by atoms with Gasteiger partial charge < -0.3 is 5.11 Å². The number of hydrogen-bond acceptors (Lipinski definition) is 2. The minimum Gasteiger partial charge on any atom is -0.481 e. The Morgan fingerprint density at radius 2 is 2.38 bits per heavy atom. The van der Waals surface area contributed by atoms with E-state index in [2.05, 4.69) is 18.7 Å². The Labute approximate surface area is 79.7 Å². The monoisotopic (exact) mass is 185 g/mol. The predicted molar refractivity (Wildman–Crippen MR) is 51.7 cm³/mol. The van der Waals surface area contributed by atoms with Gasteiger partial charge in [0.15, 0.2) is 0 Å². The molecule has 1 heterocycles. The fourth-order valence-corrected chi connectivity index (χ4v) is 2.11. The molecule has 0 aromatic rings. The third-order valence-corrected chi connectivity index (χ3v) is 2.95. The van der Waals surface area contributed by atoms with Crippen molar-refractivity contribution in [2.75, 3.05) is 6.54 Å². The van der Waals surface area contributed by atoms with Gasteiger partial charge in [0.05, 0.1) is 0 Å². The zero-order valence-corrected chi connectivity index (χ0v) is 8.49. The molecule has 0 spiro atoms. The average Bonchev–Trinajstić information content (AvgIpc) is 2.47. The lowest BCUT2D eigenvalue weighted by Crippen LogP contribution is -2.35. The van der Waals surface area contributed by atoms with Gasteiger partial charge in [-0.15, -0.1) is 0 Å². The van der Waals surface area contributed by atoms with Crippen LogP contribution in [0.2, 0.25) is 0 Å². The summed E-state index contributed by atoms with van der Waals surface area (Å²) < 4.78 is 0. The second-order valence-electron chi connectivity index (χ2n) is 4.01. The first-order chi connectivity index (χ1) is 6.11. The lowest BCUT2D eigenvalue weighted by Gasteiger charge is -2.28. The van der Waals surface area contributed by atoms with Gasteiger partial charge >= 0.3 is 5.97 Å². The minimum absolute atomic E-state index is 0.296. The van der Waals surface area contributed by atoms with Crippen LogP contribution >= 0.6 is 0 Å². The van der Waals surface area contributed by atoms with Crippen molar-refractivity contribution in [2.24, 2.45) is 0 Å². The Kier molecular flexibility index (Phi) is 3.72. The Balaban J connectivity index is 2.29. The van der Waals surface area contributed by atoms with E-state index in [1.54, 1.807) is 0 Å². The average molecular weight is 185 g/mol. The highest BCUT2D eigenvalue weighted by Gasteiger charge is 2.24. The molecule has 3 nitrogen and oxygen atoms in total. The standard InChI is InChI=1S/C10H19NO2/c1-8-4-3-7-11(8)9(2)5-6-10(12)13/h8-9H,3-7H2,1-2H3,(H,12,13). The summed E-state index contributed by atoms with van der Waals surface area (Å²) >= 11 is 0. The van der Waals surface area contributed by atoms with Crippen LogP contribution in [0.1, 0.15) is 39.5 Å². The molecule has 0 aromatic carbocycles. The third kappa shape index (κ3) is 2.99. The molecule has 0 amide bonds. The smallest absolute Gasteiger partial charge is 0.303 e. The van der Waals surface area contributed by atoms with Crippen molar-refractivity contribution in [1.29, 1.82) is 0 Å². The van der Waals surface area contributed by atoms with Gasteiger partial charge in [-0.1, -0.05) is 0 Å². The van der Waals surface area contributed by atoms with E-state index in [0.29, 0.717) is 18.5 Å². The normalized spacial score (nSPS) is 26.2. The van der Waals surface area contributed by atoms with Crippen molar-refractivity contribution < 1.29 is 9.90 Å². The fourth-order valence-electron chi connectivity index (χ4n) is 2.11. The van der Waals surface area contributed by atoms with Crippen LogP contribution in [0.3, 0.4) is 0 Å². The van der Waals surface area contributed by atoms with Crippen LogP contribution in [0, 0.1) is 0 Å². The van der Waals surface area contributed by atoms with Gasteiger partial charge in [0.2, 0.25) is 0 Å². The highest BCUT2D eigenvalue weighted by atomic mass is 16.4. The molecule has 0 bridgehead atoms. The molecule has 3 heteroatoms. The van der Waals surface area contributed by atoms with Crippen LogP contribution in [-0.4, -0.2) is 34.6 Å². The highest BCUT2D eigenvalue weighted by molar-refractivity contribution is 5.66. The van der Waals surface area contributed by atoms with Gasteiger partial charge in [-0.2, -0.15) is 0 Å². The fraction of sp³-hybridized carbons (Fsp3) is 0.900. The van der Waals surface area contributed by atoms with Crippen molar-refractivity contribution in [3.8, 4) is 0 Å². The molecule has 1 aliphatic heterocycles. The summed E-state index contributed by atoms with van der Waals surface area (Å²) in [5.74, 6) is -0.682. The number of aliphatic carboxylic acids is 1. The largest absolute Gasteiger partial charge is 0.481 e. The number of rotatable bonds is 4. The van der Waals surface area contributed by atoms with Crippen LogP contribution < -0.4 is 0 Å². The second-order valence-corrected chi connectivity index (χ2v) is 4.01. The van der Waals surface area contributed by atoms with Gasteiger partial charge in [0.25, 0.3) is 0 Å². The number of nitrogens with zero attached hydrogens (tertiary/aromatic N) is 1. The Morgan fingerprint density at radius 1 is 1.69 bits per heavy atom. The van der Waals surface area contributed by atoms with Gasteiger partial charge in [-0.25, -0.2) is 0 Å². The summed E-state index contributed by atoms with van der Waals surface area (Å²) in [4.78, 5) is 12.8. The first-order valence-electron chi connectivity index (χ1n) is 5.09. The molecule has 13 heavy (non-hydrogen) atoms. The molecule has 1 fully saturated rings. The summed E-state index contributed by atoms with van der Waals surface area (Å²) in [5.41, 5.74) is 0. The van der Waals surface area contributed by atoms with E-state index in [9.17, 15) is 4.79 Å². The van der Waals surface area contributed by atoms with Crippen LogP contribution in [0.5, 0.6) is 0 Å². The predicted octanol–water partition coefficient (Wildman–Crippen LogP) is 1.72. The lowest BCUT2D eigenvalue weighted by atomic mass is 10.1. The molecule has 1 saturated heterocycles. The van der Waals surface area contributed by atoms with E-state index < -0.39 is 5.97 Å². The van der Waals surface area contributed by atoms with E-state index in [1.165, 1.54) is 12.8 Å². The SMILES string of the molecule is CC1CCCN1C(C)CCC(=O)O. The number of likely N-dealkylation sites (tertiary alicyclic amines) is 1. The topological polar surface area (TPSA) is 40.5 Å². The number of carboxylic acids is 1. The van der Waals surface area contributed by atoms with Crippen molar-refractivity contribution in [3.05, 3.63) is 0 Å². The van der Waals surface area contributed by atoms with Crippen molar-refractivity contribution >= 4 is 5.97 Å².